The average molecular weight is 608 g/mol. The third-order valence-electron chi connectivity index (χ3n) is 7.36. The molecular weight excluding hydrogens is 578 g/mol. The predicted molar refractivity (Wildman–Crippen MR) is 151 cm³/mol. The Labute approximate surface area is 246 Å². The molecule has 0 aliphatic carbocycles. The van der Waals surface area contributed by atoms with E-state index in [0.29, 0.717) is 12.0 Å². The summed E-state index contributed by atoms with van der Waals surface area (Å²) in [6.07, 6.45) is 0.454. The first-order valence-electron chi connectivity index (χ1n) is 12.9. The molecule has 218 valence electrons. The molecular formula is C30H30Cl2F3N3O3. The highest BCUT2D eigenvalue weighted by Gasteiger charge is 2.57. The fourth-order valence-corrected chi connectivity index (χ4v) is 5.97. The zero-order valence-corrected chi connectivity index (χ0v) is 24.2. The van der Waals surface area contributed by atoms with Crippen LogP contribution in [0.4, 0.5) is 18.0 Å². The van der Waals surface area contributed by atoms with E-state index in [1.165, 1.54) is 41.3 Å². The maximum atomic E-state index is 15.6. The van der Waals surface area contributed by atoms with Crippen LogP contribution in [0.25, 0.3) is 0 Å². The molecule has 0 bridgehead atoms. The highest BCUT2D eigenvalue weighted by atomic mass is 35.5. The van der Waals surface area contributed by atoms with Crippen molar-refractivity contribution in [3.05, 3.63) is 104 Å². The maximum Gasteiger partial charge on any atom is 0.338 e. The molecule has 1 aliphatic rings. The number of nitrogens with two attached hydrogens (primary N) is 1. The zero-order valence-electron chi connectivity index (χ0n) is 22.7. The van der Waals surface area contributed by atoms with E-state index in [1.54, 1.807) is 0 Å². The molecule has 2 amide bonds. The molecule has 0 aromatic heterocycles. The Morgan fingerprint density at radius 2 is 1.78 bits per heavy atom. The molecule has 1 fully saturated rings. The van der Waals surface area contributed by atoms with Crippen LogP contribution in [-0.2, 0) is 12.1 Å². The SMILES string of the molecule is CC(C)(C)C[C@H]1CN(C(=O)NCc2ccc(C(=O)O)c(F)c2)[C@@H](c2cccc(Cl)c2F)C1(N)c1ccc(Cl)cc1F. The molecule has 41 heavy (non-hydrogen) atoms. The van der Waals surface area contributed by atoms with Gasteiger partial charge in [-0.25, -0.2) is 22.8 Å². The van der Waals surface area contributed by atoms with Gasteiger partial charge in [-0.05, 0) is 47.7 Å². The van der Waals surface area contributed by atoms with Gasteiger partial charge in [-0.3, -0.25) is 0 Å². The van der Waals surface area contributed by atoms with Gasteiger partial charge in [0.2, 0.25) is 0 Å². The quantitative estimate of drug-likeness (QED) is 0.274. The molecule has 4 rings (SSSR count). The molecule has 0 radical (unpaired) electrons. The Hall–Kier alpha value is -3.27. The fourth-order valence-electron chi connectivity index (χ4n) is 5.63. The van der Waals surface area contributed by atoms with Gasteiger partial charge in [-0.15, -0.1) is 0 Å². The highest BCUT2D eigenvalue weighted by molar-refractivity contribution is 6.31. The number of rotatable bonds is 6. The van der Waals surface area contributed by atoms with Crippen molar-refractivity contribution in [2.45, 2.75) is 45.3 Å². The Morgan fingerprint density at radius 3 is 2.39 bits per heavy atom. The summed E-state index contributed by atoms with van der Waals surface area (Å²) in [5, 5.41) is 11.7. The topological polar surface area (TPSA) is 95.7 Å². The largest absolute Gasteiger partial charge is 0.478 e. The molecule has 0 saturated carbocycles. The fraction of sp³-hybridized carbons (Fsp3) is 0.333. The number of nitrogens with zero attached hydrogens (tertiary/aromatic N) is 1. The number of carbonyl (C=O) groups is 2. The number of aromatic carboxylic acids is 1. The van der Waals surface area contributed by atoms with Crippen molar-refractivity contribution >= 4 is 35.2 Å². The predicted octanol–water partition coefficient (Wildman–Crippen LogP) is 7.28. The molecule has 1 aliphatic heterocycles. The number of nitrogens with one attached hydrogen (secondary N) is 1. The molecule has 0 spiro atoms. The molecule has 4 N–H and O–H groups in total. The van der Waals surface area contributed by atoms with Gasteiger partial charge in [-0.1, -0.05) is 68.2 Å². The number of hydrogen-bond donors (Lipinski definition) is 3. The number of urea groups is 1. The van der Waals surface area contributed by atoms with Crippen LogP contribution in [-0.4, -0.2) is 28.6 Å². The van der Waals surface area contributed by atoms with Crippen LogP contribution >= 0.6 is 23.2 Å². The molecule has 1 heterocycles. The number of halogens is 5. The first-order chi connectivity index (χ1) is 19.1. The van der Waals surface area contributed by atoms with E-state index in [0.717, 1.165) is 18.2 Å². The smallest absolute Gasteiger partial charge is 0.338 e. The van der Waals surface area contributed by atoms with Gasteiger partial charge in [0.05, 0.1) is 22.2 Å². The molecule has 3 aromatic rings. The first kappa shape index (κ1) is 30.7. The van der Waals surface area contributed by atoms with Gasteiger partial charge < -0.3 is 21.1 Å². The van der Waals surface area contributed by atoms with Crippen molar-refractivity contribution in [1.29, 1.82) is 0 Å². The summed E-state index contributed by atoms with van der Waals surface area (Å²) in [6, 6.07) is 10.1. The van der Waals surface area contributed by atoms with E-state index < -0.39 is 52.5 Å². The number of hydrogen-bond acceptors (Lipinski definition) is 3. The van der Waals surface area contributed by atoms with Crippen LogP contribution in [0.3, 0.4) is 0 Å². The Balaban J connectivity index is 1.80. The molecule has 6 nitrogen and oxygen atoms in total. The molecule has 11 heteroatoms. The number of carboxylic acids is 1. The van der Waals surface area contributed by atoms with Gasteiger partial charge >= 0.3 is 12.0 Å². The second kappa shape index (κ2) is 11.5. The minimum atomic E-state index is -1.60. The molecule has 3 aromatic carbocycles. The van der Waals surface area contributed by atoms with Crippen molar-refractivity contribution in [1.82, 2.24) is 10.2 Å². The summed E-state index contributed by atoms with van der Waals surface area (Å²) >= 11 is 12.2. The van der Waals surface area contributed by atoms with Crippen molar-refractivity contribution in [2.75, 3.05) is 6.54 Å². The van der Waals surface area contributed by atoms with E-state index in [-0.39, 0.29) is 39.7 Å². The Morgan fingerprint density at radius 1 is 1.07 bits per heavy atom. The molecule has 3 atom stereocenters. The van der Waals surface area contributed by atoms with E-state index in [9.17, 15) is 14.0 Å². The lowest BCUT2D eigenvalue weighted by Crippen LogP contribution is -2.50. The summed E-state index contributed by atoms with van der Waals surface area (Å²) in [4.78, 5) is 26.2. The second-order valence-corrected chi connectivity index (χ2v) is 12.3. The minimum absolute atomic E-state index is 0.0118. The summed E-state index contributed by atoms with van der Waals surface area (Å²) in [5.41, 5.74) is 5.15. The van der Waals surface area contributed by atoms with Crippen molar-refractivity contribution < 1.29 is 27.9 Å². The zero-order chi connectivity index (χ0) is 30.3. The van der Waals surface area contributed by atoms with E-state index in [2.05, 4.69) is 5.32 Å². The van der Waals surface area contributed by atoms with Crippen molar-refractivity contribution in [2.24, 2.45) is 17.1 Å². The minimum Gasteiger partial charge on any atom is -0.478 e. The van der Waals surface area contributed by atoms with Gasteiger partial charge in [0.15, 0.2) is 0 Å². The Kier molecular flexibility index (Phi) is 8.64. The Bertz CT molecular complexity index is 1500. The first-order valence-corrected chi connectivity index (χ1v) is 13.6. The van der Waals surface area contributed by atoms with Gasteiger partial charge in [-0.2, -0.15) is 0 Å². The van der Waals surface area contributed by atoms with E-state index in [4.69, 9.17) is 34.0 Å². The highest BCUT2D eigenvalue weighted by Crippen LogP contribution is 2.53. The number of benzene rings is 3. The summed E-state index contributed by atoms with van der Waals surface area (Å²) in [6.45, 7) is 5.84. The van der Waals surface area contributed by atoms with Crippen LogP contribution in [0.2, 0.25) is 10.0 Å². The monoisotopic (exact) mass is 607 g/mol. The third kappa shape index (κ3) is 6.17. The van der Waals surface area contributed by atoms with Gasteiger partial charge in [0.1, 0.15) is 17.5 Å². The number of carboxylic acid groups (broad SMARTS) is 1. The third-order valence-corrected chi connectivity index (χ3v) is 7.88. The van der Waals surface area contributed by atoms with Gasteiger partial charge in [0.25, 0.3) is 0 Å². The molecule has 1 saturated heterocycles. The van der Waals surface area contributed by atoms with Crippen LogP contribution in [0.5, 0.6) is 0 Å². The van der Waals surface area contributed by atoms with Crippen molar-refractivity contribution in [3.8, 4) is 0 Å². The van der Waals surface area contributed by atoms with E-state index in [1.807, 2.05) is 20.8 Å². The van der Waals surface area contributed by atoms with Crippen molar-refractivity contribution in [3.63, 3.8) is 0 Å². The lowest BCUT2D eigenvalue weighted by atomic mass is 9.69. The number of likely N-dealkylation sites (tertiary alicyclic amines) is 1. The molecule has 1 unspecified atom stereocenters. The number of carbonyl (C=O) groups excluding carboxylic acids is 1. The second-order valence-electron chi connectivity index (χ2n) is 11.5. The maximum absolute atomic E-state index is 15.6. The lowest BCUT2D eigenvalue weighted by Gasteiger charge is -2.40. The summed E-state index contributed by atoms with van der Waals surface area (Å²) in [7, 11) is 0. The van der Waals surface area contributed by atoms with Crippen LogP contribution in [0.15, 0.2) is 54.6 Å². The van der Waals surface area contributed by atoms with E-state index >= 15 is 8.78 Å². The van der Waals surface area contributed by atoms with Crippen LogP contribution in [0.1, 0.15) is 60.3 Å². The van der Waals surface area contributed by atoms with Crippen LogP contribution in [0, 0.1) is 28.8 Å². The van der Waals surface area contributed by atoms with Gasteiger partial charge in [0, 0.05) is 35.2 Å². The number of amides is 2. The lowest BCUT2D eigenvalue weighted by molar-refractivity contribution is 0.0691. The standard InChI is InChI=1S/C30H30Cl2F3N3O3/c1-29(2,3)13-17-15-38(28(41)37-14-16-7-9-19(27(39)40)23(33)11-16)26(20-5-4-6-22(32)25(20)35)30(17,36)21-10-8-18(31)12-24(21)34/h4-12,17,26H,13-15,36H2,1-3H3,(H,37,41)(H,39,40)/t17-,26-,30?/m0/s1. The summed E-state index contributed by atoms with van der Waals surface area (Å²) in [5.74, 6) is -4.38. The average Bonchev–Trinajstić information content (AvgIpc) is 3.15. The summed E-state index contributed by atoms with van der Waals surface area (Å²) < 4.78 is 45.4. The van der Waals surface area contributed by atoms with Crippen LogP contribution < -0.4 is 11.1 Å². The normalized spacial score (nSPS) is 20.8.